The van der Waals surface area contributed by atoms with Gasteiger partial charge in [0.1, 0.15) is 5.60 Å². The van der Waals surface area contributed by atoms with Gasteiger partial charge in [0, 0.05) is 17.0 Å². The maximum Gasteiger partial charge on any atom is 0.426 e. The summed E-state index contributed by atoms with van der Waals surface area (Å²) in [6.07, 6.45) is -0.888. The van der Waals surface area contributed by atoms with Gasteiger partial charge in [-0.15, -0.1) is 0 Å². The normalized spacial score (nSPS) is 16.7. The third kappa shape index (κ3) is 6.14. The molecule has 1 saturated heterocycles. The summed E-state index contributed by atoms with van der Waals surface area (Å²) in [7, 11) is 0. The largest absolute Gasteiger partial charge is 0.443 e. The van der Waals surface area contributed by atoms with Crippen molar-refractivity contribution in [1.29, 1.82) is 0 Å². The van der Waals surface area contributed by atoms with Gasteiger partial charge in [-0.2, -0.15) is 0 Å². The van der Waals surface area contributed by atoms with Crippen LogP contribution < -0.4 is 16.3 Å². The minimum atomic E-state index is -0.786. The number of carbonyl (C=O) groups excluding carboxylic acids is 4. The Morgan fingerprint density at radius 1 is 1.22 bits per heavy atom. The smallest absolute Gasteiger partial charge is 0.426 e. The van der Waals surface area contributed by atoms with E-state index in [9.17, 15) is 19.2 Å². The monoisotopic (exact) mass is 396 g/mol. The van der Waals surface area contributed by atoms with Crippen LogP contribution in [0.2, 0.25) is 5.02 Å². The van der Waals surface area contributed by atoms with Gasteiger partial charge in [-0.3, -0.25) is 30.2 Å². The number of amides is 4. The molecule has 1 fully saturated rings. The molecule has 2 rings (SSSR count). The van der Waals surface area contributed by atoms with Gasteiger partial charge in [-0.25, -0.2) is 10.2 Å². The van der Waals surface area contributed by atoms with E-state index in [1.807, 2.05) is 0 Å². The van der Waals surface area contributed by atoms with Crippen LogP contribution in [0.5, 0.6) is 0 Å². The Bertz CT molecular complexity index is 762. The summed E-state index contributed by atoms with van der Waals surface area (Å²) in [5.41, 5.74) is 6.41. The Balaban J connectivity index is 1.84. The van der Waals surface area contributed by atoms with E-state index in [0.717, 1.165) is 5.01 Å². The van der Waals surface area contributed by atoms with Crippen LogP contribution in [0.4, 0.5) is 4.79 Å². The highest BCUT2D eigenvalue weighted by atomic mass is 35.5. The predicted octanol–water partition coefficient (Wildman–Crippen LogP) is 1.39. The molecule has 1 aliphatic rings. The SMILES string of the molecule is CC(C)(C)OC(=O)NN1C[C@@H](C(=O)NNC(=O)c2cccc(Cl)c2)CC1=O. The molecule has 0 radical (unpaired) electrons. The quantitative estimate of drug-likeness (QED) is 0.667. The number of carbonyl (C=O) groups is 4. The number of hydrogen-bond donors (Lipinski definition) is 3. The first-order chi connectivity index (χ1) is 12.5. The maximum absolute atomic E-state index is 12.2. The number of nitrogens with one attached hydrogen (secondary N) is 3. The number of halogens is 1. The fourth-order valence-corrected chi connectivity index (χ4v) is 2.52. The molecule has 0 unspecified atom stereocenters. The summed E-state index contributed by atoms with van der Waals surface area (Å²) >= 11 is 5.81. The van der Waals surface area contributed by atoms with Crippen LogP contribution in [0.1, 0.15) is 37.6 Å². The average Bonchev–Trinajstić information content (AvgIpc) is 2.91. The molecule has 9 nitrogen and oxygen atoms in total. The zero-order valence-corrected chi connectivity index (χ0v) is 15.9. The third-order valence-corrected chi connectivity index (χ3v) is 3.74. The zero-order chi connectivity index (χ0) is 20.2. The summed E-state index contributed by atoms with van der Waals surface area (Å²) in [6, 6.07) is 6.22. The highest BCUT2D eigenvalue weighted by Gasteiger charge is 2.36. The van der Waals surface area contributed by atoms with Gasteiger partial charge in [-0.1, -0.05) is 17.7 Å². The Hall–Kier alpha value is -2.81. The van der Waals surface area contributed by atoms with Gasteiger partial charge < -0.3 is 4.74 Å². The fraction of sp³-hybridized carbons (Fsp3) is 0.412. The molecular weight excluding hydrogens is 376 g/mol. The molecule has 1 aromatic carbocycles. The molecular formula is C17H21ClN4O5. The molecule has 4 amide bonds. The Morgan fingerprint density at radius 2 is 1.93 bits per heavy atom. The minimum absolute atomic E-state index is 0.0308. The van der Waals surface area contributed by atoms with E-state index in [1.165, 1.54) is 6.07 Å². The lowest BCUT2D eigenvalue weighted by molar-refractivity contribution is -0.130. The molecule has 0 aromatic heterocycles. The molecule has 1 atom stereocenters. The lowest BCUT2D eigenvalue weighted by atomic mass is 10.1. The summed E-state index contributed by atoms with van der Waals surface area (Å²) in [5.74, 6) is -2.25. The second-order valence-electron chi connectivity index (χ2n) is 6.97. The average molecular weight is 397 g/mol. The van der Waals surface area contributed by atoms with Gasteiger partial charge in [0.2, 0.25) is 11.8 Å². The van der Waals surface area contributed by atoms with Gasteiger partial charge in [0.25, 0.3) is 5.91 Å². The first-order valence-electron chi connectivity index (χ1n) is 8.21. The van der Waals surface area contributed by atoms with Crippen LogP contribution in [0, 0.1) is 5.92 Å². The van der Waals surface area contributed by atoms with E-state index in [-0.39, 0.29) is 18.5 Å². The van der Waals surface area contributed by atoms with Gasteiger partial charge in [0.05, 0.1) is 12.5 Å². The summed E-state index contributed by atoms with van der Waals surface area (Å²) < 4.78 is 5.07. The molecule has 0 aliphatic carbocycles. The second-order valence-corrected chi connectivity index (χ2v) is 7.41. The summed E-state index contributed by atoms with van der Waals surface area (Å²) in [4.78, 5) is 47.9. The molecule has 10 heteroatoms. The van der Waals surface area contributed by atoms with Crippen LogP contribution >= 0.6 is 11.6 Å². The van der Waals surface area contributed by atoms with Crippen molar-refractivity contribution >= 4 is 35.4 Å². The first-order valence-corrected chi connectivity index (χ1v) is 8.59. The molecule has 3 N–H and O–H groups in total. The lowest BCUT2D eigenvalue weighted by Crippen LogP contribution is -2.47. The Morgan fingerprint density at radius 3 is 2.56 bits per heavy atom. The maximum atomic E-state index is 12.2. The van der Waals surface area contributed by atoms with Crippen LogP contribution in [0.3, 0.4) is 0 Å². The van der Waals surface area contributed by atoms with Crippen molar-refractivity contribution in [2.75, 3.05) is 6.54 Å². The molecule has 0 spiro atoms. The predicted molar refractivity (Wildman–Crippen MR) is 96.3 cm³/mol. The van der Waals surface area contributed by atoms with Crippen LogP contribution in [-0.4, -0.2) is 41.0 Å². The molecule has 27 heavy (non-hydrogen) atoms. The Kier molecular flexibility index (Phi) is 6.27. The van der Waals surface area contributed by atoms with E-state index < -0.39 is 35.3 Å². The molecule has 146 valence electrons. The molecule has 0 saturated carbocycles. The topological polar surface area (TPSA) is 117 Å². The van der Waals surface area contributed by atoms with Gasteiger partial charge >= 0.3 is 6.09 Å². The summed E-state index contributed by atoms with van der Waals surface area (Å²) in [6.45, 7) is 5.04. The second kappa shape index (κ2) is 8.26. The van der Waals surface area contributed by atoms with Crippen molar-refractivity contribution in [2.45, 2.75) is 32.8 Å². The number of hydrogen-bond acceptors (Lipinski definition) is 5. The van der Waals surface area contributed by atoms with Crippen LogP contribution in [-0.2, 0) is 14.3 Å². The lowest BCUT2D eigenvalue weighted by Gasteiger charge is -2.23. The van der Waals surface area contributed by atoms with E-state index in [0.29, 0.717) is 5.02 Å². The highest BCUT2D eigenvalue weighted by Crippen LogP contribution is 2.17. The number of hydrazine groups is 2. The molecule has 1 heterocycles. The van der Waals surface area contributed by atoms with Crippen molar-refractivity contribution in [2.24, 2.45) is 5.92 Å². The van der Waals surface area contributed by atoms with E-state index in [2.05, 4.69) is 16.3 Å². The molecule has 1 aromatic rings. The van der Waals surface area contributed by atoms with Crippen LogP contribution in [0.15, 0.2) is 24.3 Å². The van der Waals surface area contributed by atoms with Gasteiger partial charge in [0.15, 0.2) is 0 Å². The van der Waals surface area contributed by atoms with Crippen molar-refractivity contribution in [3.05, 3.63) is 34.9 Å². The van der Waals surface area contributed by atoms with Crippen molar-refractivity contribution in [3.8, 4) is 0 Å². The molecule has 1 aliphatic heterocycles. The number of nitrogens with zero attached hydrogens (tertiary/aromatic N) is 1. The van der Waals surface area contributed by atoms with Crippen molar-refractivity contribution < 1.29 is 23.9 Å². The zero-order valence-electron chi connectivity index (χ0n) is 15.2. The number of ether oxygens (including phenoxy) is 1. The fourth-order valence-electron chi connectivity index (χ4n) is 2.32. The molecule has 0 bridgehead atoms. The van der Waals surface area contributed by atoms with Crippen LogP contribution in [0.25, 0.3) is 0 Å². The Labute approximate surface area is 161 Å². The first kappa shape index (κ1) is 20.5. The third-order valence-electron chi connectivity index (χ3n) is 3.51. The standard InChI is InChI=1S/C17H21ClN4O5/c1-17(2,3)27-16(26)21-22-9-11(8-13(22)23)15(25)20-19-14(24)10-5-4-6-12(18)7-10/h4-7,11H,8-9H2,1-3H3,(H,19,24)(H,20,25)(H,21,26)/t11-/m0/s1. The van der Waals surface area contributed by atoms with E-state index in [4.69, 9.17) is 16.3 Å². The van der Waals surface area contributed by atoms with Gasteiger partial charge in [-0.05, 0) is 39.0 Å². The van der Waals surface area contributed by atoms with E-state index >= 15 is 0 Å². The van der Waals surface area contributed by atoms with E-state index in [1.54, 1.807) is 39.0 Å². The number of rotatable bonds is 3. The highest BCUT2D eigenvalue weighted by molar-refractivity contribution is 6.30. The van der Waals surface area contributed by atoms with Crippen molar-refractivity contribution in [1.82, 2.24) is 21.3 Å². The van der Waals surface area contributed by atoms with Crippen molar-refractivity contribution in [3.63, 3.8) is 0 Å². The minimum Gasteiger partial charge on any atom is -0.443 e. The summed E-state index contributed by atoms with van der Waals surface area (Å²) in [5, 5.41) is 1.41. The number of benzene rings is 1.